The van der Waals surface area contributed by atoms with E-state index in [-0.39, 0.29) is 12.1 Å². The Morgan fingerprint density at radius 1 is 1.41 bits per heavy atom. The molecule has 1 aliphatic rings. The third kappa shape index (κ3) is 2.97. The summed E-state index contributed by atoms with van der Waals surface area (Å²) in [5.41, 5.74) is 2.28. The molecular formula is C14H22O3. The van der Waals surface area contributed by atoms with Gasteiger partial charge in [-0.1, -0.05) is 19.4 Å². The zero-order chi connectivity index (χ0) is 13.2. The van der Waals surface area contributed by atoms with Crippen molar-refractivity contribution in [1.82, 2.24) is 0 Å². The highest BCUT2D eigenvalue weighted by atomic mass is 16.5. The van der Waals surface area contributed by atoms with Crippen molar-refractivity contribution in [3.8, 4) is 0 Å². The van der Waals surface area contributed by atoms with Gasteiger partial charge >= 0.3 is 5.97 Å². The molecule has 1 aliphatic carbocycles. The van der Waals surface area contributed by atoms with Gasteiger partial charge in [0, 0.05) is 12.5 Å². The highest BCUT2D eigenvalue weighted by Gasteiger charge is 2.37. The van der Waals surface area contributed by atoms with E-state index in [9.17, 15) is 9.90 Å². The summed E-state index contributed by atoms with van der Waals surface area (Å²) in [6.07, 6.45) is 3.39. The smallest absolute Gasteiger partial charge is 0.303 e. The second-order valence-electron chi connectivity index (χ2n) is 4.89. The molecule has 1 unspecified atom stereocenters. The van der Waals surface area contributed by atoms with Crippen LogP contribution in [0.15, 0.2) is 22.8 Å². The Morgan fingerprint density at radius 2 is 1.94 bits per heavy atom. The second kappa shape index (κ2) is 5.05. The standard InChI is InChI=1S/C14H22O3/c1-6-10(7-2)13-11(14(4,5)16)8-12(13)17-9(3)15/h8,12,16H,6-7H2,1-5H3. The first-order valence-corrected chi connectivity index (χ1v) is 6.15. The molecule has 1 atom stereocenters. The van der Waals surface area contributed by atoms with Gasteiger partial charge in [0.25, 0.3) is 0 Å². The normalized spacial score (nSPS) is 19.5. The number of carbonyl (C=O) groups excluding carboxylic acids is 1. The van der Waals surface area contributed by atoms with Crippen molar-refractivity contribution in [1.29, 1.82) is 0 Å². The molecule has 3 nitrogen and oxygen atoms in total. The molecule has 3 heteroatoms. The maximum Gasteiger partial charge on any atom is 0.303 e. The number of carbonyl (C=O) groups is 1. The van der Waals surface area contributed by atoms with Crippen LogP contribution in [0.2, 0.25) is 0 Å². The largest absolute Gasteiger partial charge is 0.453 e. The lowest BCUT2D eigenvalue weighted by molar-refractivity contribution is -0.143. The zero-order valence-corrected chi connectivity index (χ0v) is 11.3. The van der Waals surface area contributed by atoms with Crippen LogP contribution in [0, 0.1) is 0 Å². The number of esters is 1. The fraction of sp³-hybridized carbons (Fsp3) is 0.643. The van der Waals surface area contributed by atoms with Crippen LogP contribution in [0.1, 0.15) is 47.5 Å². The first-order valence-electron chi connectivity index (χ1n) is 6.15. The van der Waals surface area contributed by atoms with E-state index in [1.54, 1.807) is 13.8 Å². The van der Waals surface area contributed by atoms with Crippen molar-refractivity contribution in [2.75, 3.05) is 0 Å². The summed E-state index contributed by atoms with van der Waals surface area (Å²) in [6.45, 7) is 9.08. The van der Waals surface area contributed by atoms with E-state index in [1.807, 2.05) is 6.08 Å². The fourth-order valence-electron chi connectivity index (χ4n) is 2.21. The summed E-state index contributed by atoms with van der Waals surface area (Å²) < 4.78 is 5.22. The van der Waals surface area contributed by atoms with Gasteiger partial charge in [-0.2, -0.15) is 0 Å². The highest BCUT2D eigenvalue weighted by molar-refractivity contribution is 5.68. The first-order chi connectivity index (χ1) is 7.81. The van der Waals surface area contributed by atoms with E-state index in [1.165, 1.54) is 12.5 Å². The molecule has 0 aromatic carbocycles. The average molecular weight is 238 g/mol. The Balaban J connectivity index is 3.09. The van der Waals surface area contributed by atoms with Gasteiger partial charge in [0.2, 0.25) is 0 Å². The Kier molecular flexibility index (Phi) is 4.15. The van der Waals surface area contributed by atoms with Crippen molar-refractivity contribution in [2.24, 2.45) is 0 Å². The van der Waals surface area contributed by atoms with E-state index >= 15 is 0 Å². The van der Waals surface area contributed by atoms with Crippen LogP contribution in [0.4, 0.5) is 0 Å². The van der Waals surface area contributed by atoms with E-state index in [0.717, 1.165) is 24.0 Å². The highest BCUT2D eigenvalue weighted by Crippen LogP contribution is 2.40. The molecule has 0 saturated carbocycles. The molecule has 0 aromatic rings. The molecule has 0 amide bonds. The van der Waals surface area contributed by atoms with Crippen molar-refractivity contribution in [3.63, 3.8) is 0 Å². The minimum absolute atomic E-state index is 0.274. The molecule has 0 spiro atoms. The third-order valence-corrected chi connectivity index (χ3v) is 3.08. The maximum atomic E-state index is 11.0. The first kappa shape index (κ1) is 14.0. The lowest BCUT2D eigenvalue weighted by Gasteiger charge is -2.37. The van der Waals surface area contributed by atoms with Crippen LogP contribution >= 0.6 is 0 Å². The minimum atomic E-state index is -0.873. The van der Waals surface area contributed by atoms with Crippen LogP contribution in [0.25, 0.3) is 0 Å². The van der Waals surface area contributed by atoms with Crippen molar-refractivity contribution >= 4 is 5.97 Å². The van der Waals surface area contributed by atoms with Gasteiger partial charge in [-0.25, -0.2) is 0 Å². The van der Waals surface area contributed by atoms with Gasteiger partial charge in [0.05, 0.1) is 5.60 Å². The average Bonchev–Trinajstić information content (AvgIpc) is 2.17. The van der Waals surface area contributed by atoms with Crippen LogP contribution in [0.5, 0.6) is 0 Å². The van der Waals surface area contributed by atoms with Gasteiger partial charge < -0.3 is 9.84 Å². The number of ether oxygens (including phenoxy) is 1. The Labute approximate surface area is 103 Å². The number of hydrogen-bond acceptors (Lipinski definition) is 3. The SMILES string of the molecule is CCC(CC)=C1C(C(C)(C)O)=CC1OC(C)=O. The lowest BCUT2D eigenvalue weighted by atomic mass is 9.75. The van der Waals surface area contributed by atoms with Gasteiger partial charge in [-0.3, -0.25) is 4.79 Å². The van der Waals surface area contributed by atoms with Crippen LogP contribution < -0.4 is 0 Å². The van der Waals surface area contributed by atoms with Crippen molar-refractivity contribution in [3.05, 3.63) is 22.8 Å². The van der Waals surface area contributed by atoms with E-state index < -0.39 is 5.60 Å². The minimum Gasteiger partial charge on any atom is -0.453 e. The predicted octanol–water partition coefficient (Wildman–Crippen LogP) is 2.75. The molecule has 1 N–H and O–H groups in total. The number of rotatable bonds is 4. The quantitative estimate of drug-likeness (QED) is 0.766. The molecule has 17 heavy (non-hydrogen) atoms. The number of hydrogen-bond donors (Lipinski definition) is 1. The van der Waals surface area contributed by atoms with Crippen molar-refractivity contribution < 1.29 is 14.6 Å². The Bertz CT molecular complexity index is 363. The molecule has 0 heterocycles. The van der Waals surface area contributed by atoms with Crippen LogP contribution in [0.3, 0.4) is 0 Å². The zero-order valence-electron chi connectivity index (χ0n) is 11.3. The molecule has 96 valence electrons. The fourth-order valence-corrected chi connectivity index (χ4v) is 2.21. The molecular weight excluding hydrogens is 216 g/mol. The van der Waals surface area contributed by atoms with Gasteiger partial charge in [-0.15, -0.1) is 0 Å². The molecule has 0 saturated heterocycles. The maximum absolute atomic E-state index is 11.0. The molecule has 0 radical (unpaired) electrons. The van der Waals surface area contributed by atoms with E-state index in [4.69, 9.17) is 4.74 Å². The summed E-state index contributed by atoms with van der Waals surface area (Å²) in [5.74, 6) is -0.287. The monoisotopic (exact) mass is 238 g/mol. The Hall–Kier alpha value is -1.09. The van der Waals surface area contributed by atoms with Gasteiger partial charge in [-0.05, 0) is 38.3 Å². The van der Waals surface area contributed by atoms with Crippen LogP contribution in [-0.2, 0) is 9.53 Å². The Morgan fingerprint density at radius 3 is 2.29 bits per heavy atom. The summed E-state index contributed by atoms with van der Waals surface area (Å²) in [4.78, 5) is 11.0. The van der Waals surface area contributed by atoms with E-state index in [2.05, 4.69) is 13.8 Å². The summed E-state index contributed by atoms with van der Waals surface area (Å²) in [6, 6.07) is 0. The van der Waals surface area contributed by atoms with Gasteiger partial charge in [0.1, 0.15) is 6.10 Å². The molecule has 0 fully saturated rings. The molecule has 1 rings (SSSR count). The van der Waals surface area contributed by atoms with Crippen molar-refractivity contribution in [2.45, 2.75) is 59.2 Å². The third-order valence-electron chi connectivity index (χ3n) is 3.08. The topological polar surface area (TPSA) is 46.5 Å². The van der Waals surface area contributed by atoms with Gasteiger partial charge in [0.15, 0.2) is 0 Å². The second-order valence-corrected chi connectivity index (χ2v) is 4.89. The summed E-state index contributed by atoms with van der Waals surface area (Å²) in [7, 11) is 0. The molecule has 0 aromatic heterocycles. The predicted molar refractivity (Wildman–Crippen MR) is 67.5 cm³/mol. The number of aliphatic hydroxyl groups is 1. The summed E-state index contributed by atoms with van der Waals surface area (Å²) in [5, 5.41) is 10.1. The van der Waals surface area contributed by atoms with Crippen LogP contribution in [-0.4, -0.2) is 22.8 Å². The lowest BCUT2D eigenvalue weighted by Crippen LogP contribution is -2.37. The number of allylic oxidation sites excluding steroid dienone is 1. The van der Waals surface area contributed by atoms with E-state index in [0.29, 0.717) is 0 Å². The summed E-state index contributed by atoms with van der Waals surface area (Å²) >= 11 is 0. The molecule has 0 aliphatic heterocycles. The molecule has 0 bridgehead atoms.